The third-order valence-electron chi connectivity index (χ3n) is 4.00. The Morgan fingerprint density at radius 3 is 2.36 bits per heavy atom. The van der Waals surface area contributed by atoms with Gasteiger partial charge in [0.1, 0.15) is 0 Å². The van der Waals surface area contributed by atoms with Gasteiger partial charge in [0.05, 0.1) is 5.92 Å². The lowest BCUT2D eigenvalue weighted by Gasteiger charge is -2.30. The van der Waals surface area contributed by atoms with Gasteiger partial charge in [-0.05, 0) is 51.8 Å². The van der Waals surface area contributed by atoms with Gasteiger partial charge in [0.15, 0.2) is 0 Å². The number of amides is 3. The first-order valence-corrected chi connectivity index (χ1v) is 8.37. The van der Waals surface area contributed by atoms with E-state index in [1.54, 1.807) is 29.2 Å². The Morgan fingerprint density at radius 2 is 1.80 bits per heavy atom. The number of benzene rings is 1. The van der Waals surface area contributed by atoms with Gasteiger partial charge >= 0.3 is 12.0 Å². The van der Waals surface area contributed by atoms with Gasteiger partial charge in [0.25, 0.3) is 5.91 Å². The van der Waals surface area contributed by atoms with Crippen molar-refractivity contribution in [2.75, 3.05) is 18.4 Å². The topological polar surface area (TPSA) is 98.7 Å². The van der Waals surface area contributed by atoms with Crippen molar-refractivity contribution in [2.24, 2.45) is 5.92 Å². The molecular formula is C18H25N3O4. The highest BCUT2D eigenvalue weighted by Crippen LogP contribution is 2.19. The number of carbonyl (C=O) groups is 3. The Labute approximate surface area is 147 Å². The van der Waals surface area contributed by atoms with Gasteiger partial charge in [0, 0.05) is 29.9 Å². The van der Waals surface area contributed by atoms with Crippen LogP contribution >= 0.6 is 0 Å². The van der Waals surface area contributed by atoms with Gasteiger partial charge < -0.3 is 20.6 Å². The normalized spacial score (nSPS) is 15.6. The minimum atomic E-state index is -0.808. The number of anilines is 1. The van der Waals surface area contributed by atoms with E-state index in [2.05, 4.69) is 10.6 Å². The molecule has 0 aliphatic carbocycles. The Balaban J connectivity index is 1.97. The number of piperidine rings is 1. The Bertz CT molecular complexity index is 659. The van der Waals surface area contributed by atoms with E-state index in [0.717, 1.165) is 0 Å². The summed E-state index contributed by atoms with van der Waals surface area (Å²) in [7, 11) is 0. The molecule has 1 heterocycles. The predicted molar refractivity (Wildman–Crippen MR) is 94.6 cm³/mol. The Morgan fingerprint density at radius 1 is 1.16 bits per heavy atom. The van der Waals surface area contributed by atoms with Crippen molar-refractivity contribution in [3.05, 3.63) is 29.8 Å². The number of nitrogens with zero attached hydrogens (tertiary/aromatic N) is 1. The number of nitrogens with one attached hydrogen (secondary N) is 2. The van der Waals surface area contributed by atoms with E-state index in [1.807, 2.05) is 20.8 Å². The second kappa shape index (κ2) is 7.55. The summed E-state index contributed by atoms with van der Waals surface area (Å²) in [6.45, 7) is 6.52. The van der Waals surface area contributed by atoms with Gasteiger partial charge in [-0.1, -0.05) is 6.07 Å². The monoisotopic (exact) mass is 347 g/mol. The quantitative estimate of drug-likeness (QED) is 0.782. The van der Waals surface area contributed by atoms with Gasteiger partial charge in [-0.25, -0.2) is 4.79 Å². The van der Waals surface area contributed by atoms with Crippen LogP contribution in [0.15, 0.2) is 24.3 Å². The maximum Gasteiger partial charge on any atom is 0.321 e. The molecular weight excluding hydrogens is 322 g/mol. The first-order valence-electron chi connectivity index (χ1n) is 8.37. The van der Waals surface area contributed by atoms with Crippen molar-refractivity contribution in [3.8, 4) is 0 Å². The number of carboxylic acid groups (broad SMARTS) is 1. The molecule has 3 N–H and O–H groups in total. The molecule has 0 bridgehead atoms. The number of rotatable bonds is 3. The number of carboxylic acids is 1. The maximum atomic E-state index is 12.3. The smallest absolute Gasteiger partial charge is 0.321 e. The van der Waals surface area contributed by atoms with E-state index in [0.29, 0.717) is 37.2 Å². The number of carbonyl (C=O) groups excluding carboxylic acids is 2. The molecule has 0 radical (unpaired) electrons. The summed E-state index contributed by atoms with van der Waals surface area (Å²) >= 11 is 0. The zero-order valence-electron chi connectivity index (χ0n) is 14.8. The van der Waals surface area contributed by atoms with Crippen LogP contribution in [0.1, 0.15) is 44.0 Å². The van der Waals surface area contributed by atoms with Gasteiger partial charge in [-0.2, -0.15) is 0 Å². The Kier molecular flexibility index (Phi) is 5.66. The average molecular weight is 347 g/mol. The van der Waals surface area contributed by atoms with E-state index >= 15 is 0 Å². The van der Waals surface area contributed by atoms with Crippen molar-refractivity contribution < 1.29 is 19.5 Å². The molecule has 3 amide bonds. The lowest BCUT2D eigenvalue weighted by molar-refractivity contribution is -0.143. The summed E-state index contributed by atoms with van der Waals surface area (Å²) in [5, 5.41) is 14.7. The van der Waals surface area contributed by atoms with E-state index < -0.39 is 5.97 Å². The third kappa shape index (κ3) is 5.48. The fourth-order valence-electron chi connectivity index (χ4n) is 2.68. The molecule has 0 aromatic heterocycles. The van der Waals surface area contributed by atoms with Crippen LogP contribution in [0.25, 0.3) is 0 Å². The van der Waals surface area contributed by atoms with Crippen LogP contribution in [-0.4, -0.2) is 46.5 Å². The van der Waals surface area contributed by atoms with Gasteiger partial charge in [-0.15, -0.1) is 0 Å². The van der Waals surface area contributed by atoms with Crippen molar-refractivity contribution in [2.45, 2.75) is 39.2 Å². The molecule has 1 aromatic rings. The average Bonchev–Trinajstić information content (AvgIpc) is 2.53. The predicted octanol–water partition coefficient (Wildman–Crippen LogP) is 2.54. The molecule has 0 saturated carbocycles. The van der Waals surface area contributed by atoms with Crippen LogP contribution in [0.4, 0.5) is 10.5 Å². The first-order chi connectivity index (χ1) is 11.7. The van der Waals surface area contributed by atoms with Crippen LogP contribution in [0, 0.1) is 5.92 Å². The molecule has 2 rings (SSSR count). The van der Waals surface area contributed by atoms with Crippen LogP contribution in [0.3, 0.4) is 0 Å². The highest BCUT2D eigenvalue weighted by Gasteiger charge is 2.27. The van der Waals surface area contributed by atoms with Crippen LogP contribution in [-0.2, 0) is 4.79 Å². The fourth-order valence-corrected chi connectivity index (χ4v) is 2.68. The van der Waals surface area contributed by atoms with Crippen molar-refractivity contribution in [1.82, 2.24) is 10.2 Å². The molecule has 1 aliphatic rings. The molecule has 0 unspecified atom stereocenters. The van der Waals surface area contributed by atoms with E-state index in [9.17, 15) is 14.4 Å². The van der Waals surface area contributed by atoms with Gasteiger partial charge in [0.2, 0.25) is 0 Å². The number of urea groups is 1. The SMILES string of the molecule is CC(C)(C)NC(=O)c1cccc(NC(=O)N2CCC(C(=O)O)CC2)c1. The molecule has 1 aliphatic heterocycles. The van der Waals surface area contributed by atoms with Crippen LogP contribution < -0.4 is 10.6 Å². The molecule has 7 nitrogen and oxygen atoms in total. The molecule has 136 valence electrons. The number of hydrogen-bond acceptors (Lipinski definition) is 3. The zero-order chi connectivity index (χ0) is 18.6. The molecule has 1 aromatic carbocycles. The number of aliphatic carboxylic acids is 1. The molecule has 1 fully saturated rings. The summed E-state index contributed by atoms with van der Waals surface area (Å²) in [6.07, 6.45) is 0.910. The second-order valence-corrected chi connectivity index (χ2v) is 7.31. The standard InChI is InChI=1S/C18H25N3O4/c1-18(2,3)20-15(22)13-5-4-6-14(11-13)19-17(25)21-9-7-12(8-10-21)16(23)24/h4-6,11-12H,7-10H2,1-3H3,(H,19,25)(H,20,22)(H,23,24). The molecule has 1 saturated heterocycles. The number of likely N-dealkylation sites (tertiary alicyclic amines) is 1. The lowest BCUT2D eigenvalue weighted by atomic mass is 9.97. The maximum absolute atomic E-state index is 12.3. The van der Waals surface area contributed by atoms with E-state index in [4.69, 9.17) is 5.11 Å². The summed E-state index contributed by atoms with van der Waals surface area (Å²) in [5.41, 5.74) is 0.661. The highest BCUT2D eigenvalue weighted by atomic mass is 16.4. The summed E-state index contributed by atoms with van der Waals surface area (Å²) in [5.74, 6) is -1.39. The lowest BCUT2D eigenvalue weighted by Crippen LogP contribution is -2.42. The fraction of sp³-hybridized carbons (Fsp3) is 0.500. The molecule has 0 atom stereocenters. The zero-order valence-corrected chi connectivity index (χ0v) is 14.8. The number of hydrogen-bond donors (Lipinski definition) is 3. The van der Waals surface area contributed by atoms with Crippen LogP contribution in [0.5, 0.6) is 0 Å². The summed E-state index contributed by atoms with van der Waals surface area (Å²) < 4.78 is 0. The van der Waals surface area contributed by atoms with Crippen molar-refractivity contribution in [3.63, 3.8) is 0 Å². The summed E-state index contributed by atoms with van der Waals surface area (Å²) in [6, 6.07) is 6.47. The van der Waals surface area contributed by atoms with Crippen molar-refractivity contribution in [1.29, 1.82) is 0 Å². The van der Waals surface area contributed by atoms with Crippen LogP contribution in [0.2, 0.25) is 0 Å². The van der Waals surface area contributed by atoms with Gasteiger partial charge in [-0.3, -0.25) is 9.59 Å². The first kappa shape index (κ1) is 18.8. The molecule has 0 spiro atoms. The minimum Gasteiger partial charge on any atom is -0.481 e. The van der Waals surface area contributed by atoms with E-state index in [-0.39, 0.29) is 23.4 Å². The summed E-state index contributed by atoms with van der Waals surface area (Å²) in [4.78, 5) is 37.1. The van der Waals surface area contributed by atoms with Crippen molar-refractivity contribution >= 4 is 23.6 Å². The highest BCUT2D eigenvalue weighted by molar-refractivity contribution is 5.97. The second-order valence-electron chi connectivity index (χ2n) is 7.31. The molecule has 7 heteroatoms. The van der Waals surface area contributed by atoms with E-state index in [1.165, 1.54) is 0 Å². The minimum absolute atomic E-state index is 0.203. The molecule has 25 heavy (non-hydrogen) atoms. The Hall–Kier alpha value is -2.57. The largest absolute Gasteiger partial charge is 0.481 e. The third-order valence-corrected chi connectivity index (χ3v) is 4.00.